The molecule has 110 valence electrons. The van der Waals surface area contributed by atoms with Crippen LogP contribution in [0, 0.1) is 16.0 Å². The Hall–Kier alpha value is -0.940. The molecule has 1 aromatic carbocycles. The Balaban J connectivity index is 1.94. The lowest BCUT2D eigenvalue weighted by molar-refractivity contribution is -0.385. The van der Waals surface area contributed by atoms with Gasteiger partial charge in [-0.05, 0) is 37.3 Å². The van der Waals surface area contributed by atoms with E-state index < -0.39 is 0 Å². The molecule has 1 aliphatic carbocycles. The van der Waals surface area contributed by atoms with E-state index in [2.05, 4.69) is 28.2 Å². The van der Waals surface area contributed by atoms with Gasteiger partial charge in [0.1, 0.15) is 0 Å². The van der Waals surface area contributed by atoms with Crippen molar-refractivity contribution in [3.05, 3.63) is 38.3 Å². The van der Waals surface area contributed by atoms with Crippen LogP contribution in [0.1, 0.15) is 44.6 Å². The number of nitrogens with zero attached hydrogens (tertiary/aromatic N) is 1. The number of hydrogen-bond acceptors (Lipinski definition) is 3. The minimum atomic E-state index is -0.348. The Kier molecular flexibility index (Phi) is 5.54. The fraction of sp³-hybridized carbons (Fsp3) is 0.600. The molecular weight excluding hydrogens is 320 g/mol. The average Bonchev–Trinajstić information content (AvgIpc) is 2.45. The summed E-state index contributed by atoms with van der Waals surface area (Å²) >= 11 is 3.33. The zero-order valence-corrected chi connectivity index (χ0v) is 13.4. The quantitative estimate of drug-likeness (QED) is 0.637. The molecule has 0 heterocycles. The number of nitro benzene ring substituents is 1. The van der Waals surface area contributed by atoms with E-state index >= 15 is 0 Å². The van der Waals surface area contributed by atoms with E-state index in [4.69, 9.17) is 0 Å². The molecule has 4 nitrogen and oxygen atoms in total. The first-order valence-corrected chi connectivity index (χ1v) is 8.03. The van der Waals surface area contributed by atoms with Crippen molar-refractivity contribution in [1.29, 1.82) is 0 Å². The van der Waals surface area contributed by atoms with Gasteiger partial charge in [-0.1, -0.05) is 35.2 Å². The molecule has 20 heavy (non-hydrogen) atoms. The van der Waals surface area contributed by atoms with Gasteiger partial charge in [0, 0.05) is 29.2 Å². The van der Waals surface area contributed by atoms with Crippen molar-refractivity contribution in [2.75, 3.05) is 0 Å². The normalized spacial score (nSPS) is 17.9. The van der Waals surface area contributed by atoms with Crippen molar-refractivity contribution in [2.45, 2.75) is 51.6 Å². The van der Waals surface area contributed by atoms with E-state index in [0.717, 1.165) is 16.0 Å². The number of rotatable bonds is 5. The third-order valence-electron chi connectivity index (χ3n) is 4.14. The van der Waals surface area contributed by atoms with Gasteiger partial charge in [-0.3, -0.25) is 10.1 Å². The maximum atomic E-state index is 10.9. The Labute approximate surface area is 128 Å². The zero-order valence-electron chi connectivity index (χ0n) is 11.8. The van der Waals surface area contributed by atoms with E-state index in [1.54, 1.807) is 6.07 Å². The van der Waals surface area contributed by atoms with Gasteiger partial charge in [0.2, 0.25) is 0 Å². The molecule has 0 spiro atoms. The van der Waals surface area contributed by atoms with Crippen LogP contribution in [0.2, 0.25) is 0 Å². The zero-order chi connectivity index (χ0) is 14.5. The van der Waals surface area contributed by atoms with Crippen molar-refractivity contribution in [2.24, 2.45) is 5.92 Å². The molecule has 1 aliphatic rings. The maximum Gasteiger partial charge on any atom is 0.270 e. The topological polar surface area (TPSA) is 55.2 Å². The van der Waals surface area contributed by atoms with Crippen LogP contribution < -0.4 is 5.32 Å². The third-order valence-corrected chi connectivity index (χ3v) is 4.60. The lowest BCUT2D eigenvalue weighted by Gasteiger charge is -2.28. The fourth-order valence-electron chi connectivity index (χ4n) is 2.92. The first-order chi connectivity index (χ1) is 9.56. The van der Waals surface area contributed by atoms with Crippen LogP contribution in [0.5, 0.6) is 0 Å². The molecular formula is C15H21BrN2O2. The van der Waals surface area contributed by atoms with Crippen LogP contribution >= 0.6 is 15.9 Å². The van der Waals surface area contributed by atoms with Crippen LogP contribution in [-0.4, -0.2) is 11.0 Å². The highest BCUT2D eigenvalue weighted by Gasteiger charge is 2.19. The number of nitro groups is 1. The third kappa shape index (κ3) is 4.28. The van der Waals surface area contributed by atoms with Crippen molar-refractivity contribution >= 4 is 21.6 Å². The molecule has 0 saturated heterocycles. The first-order valence-electron chi connectivity index (χ1n) is 7.23. The summed E-state index contributed by atoms with van der Waals surface area (Å²) in [5, 5.41) is 14.4. The van der Waals surface area contributed by atoms with Crippen molar-refractivity contribution < 1.29 is 4.92 Å². The van der Waals surface area contributed by atoms with E-state index in [0.29, 0.717) is 12.6 Å². The van der Waals surface area contributed by atoms with Gasteiger partial charge in [0.05, 0.1) is 4.92 Å². The predicted octanol–water partition coefficient (Wildman–Crippen LogP) is 4.42. The van der Waals surface area contributed by atoms with Crippen molar-refractivity contribution in [3.63, 3.8) is 0 Å². The van der Waals surface area contributed by atoms with E-state index in [1.165, 1.54) is 38.2 Å². The molecule has 1 fully saturated rings. The molecule has 1 unspecified atom stereocenters. The van der Waals surface area contributed by atoms with E-state index in [1.807, 2.05) is 6.07 Å². The molecule has 0 radical (unpaired) electrons. The lowest BCUT2D eigenvalue weighted by Crippen LogP contribution is -2.34. The molecule has 2 rings (SSSR count). The molecule has 1 saturated carbocycles. The molecule has 1 N–H and O–H groups in total. The Morgan fingerprint density at radius 3 is 2.70 bits per heavy atom. The number of benzene rings is 1. The van der Waals surface area contributed by atoms with Crippen LogP contribution in [-0.2, 0) is 6.54 Å². The molecule has 0 bridgehead atoms. The highest BCUT2D eigenvalue weighted by Crippen LogP contribution is 2.27. The van der Waals surface area contributed by atoms with Gasteiger partial charge >= 0.3 is 0 Å². The van der Waals surface area contributed by atoms with E-state index in [9.17, 15) is 10.1 Å². The summed E-state index contributed by atoms with van der Waals surface area (Å²) in [6.07, 6.45) is 6.62. The van der Waals surface area contributed by atoms with Gasteiger partial charge in [-0.15, -0.1) is 0 Å². The van der Waals surface area contributed by atoms with Gasteiger partial charge in [0.15, 0.2) is 0 Å². The highest BCUT2D eigenvalue weighted by atomic mass is 79.9. The summed E-state index contributed by atoms with van der Waals surface area (Å²) in [7, 11) is 0. The molecule has 0 amide bonds. The SMILES string of the molecule is CC(NCc1cc(Br)cc([N+](=O)[O-])c1)C1CCCCC1. The first kappa shape index (κ1) is 15.4. The average molecular weight is 341 g/mol. The second kappa shape index (κ2) is 7.18. The van der Waals surface area contributed by atoms with Crippen LogP contribution in [0.25, 0.3) is 0 Å². The molecule has 5 heteroatoms. The monoisotopic (exact) mass is 340 g/mol. The minimum absolute atomic E-state index is 0.140. The highest BCUT2D eigenvalue weighted by molar-refractivity contribution is 9.10. The minimum Gasteiger partial charge on any atom is -0.310 e. The van der Waals surface area contributed by atoms with Gasteiger partial charge in [0.25, 0.3) is 5.69 Å². The Bertz CT molecular complexity index is 473. The van der Waals surface area contributed by atoms with Crippen LogP contribution in [0.15, 0.2) is 22.7 Å². The summed E-state index contributed by atoms with van der Waals surface area (Å²) in [6.45, 7) is 2.90. The fourth-order valence-corrected chi connectivity index (χ4v) is 3.45. The summed E-state index contributed by atoms with van der Waals surface area (Å²) in [5.41, 5.74) is 1.09. The molecule has 1 aromatic rings. The van der Waals surface area contributed by atoms with E-state index in [-0.39, 0.29) is 10.6 Å². The Morgan fingerprint density at radius 2 is 2.05 bits per heavy atom. The molecule has 1 atom stereocenters. The largest absolute Gasteiger partial charge is 0.310 e. The smallest absolute Gasteiger partial charge is 0.270 e. The van der Waals surface area contributed by atoms with Crippen molar-refractivity contribution in [1.82, 2.24) is 5.32 Å². The number of non-ortho nitro benzene ring substituents is 1. The number of halogens is 1. The number of hydrogen-bond donors (Lipinski definition) is 1. The van der Waals surface area contributed by atoms with Crippen molar-refractivity contribution in [3.8, 4) is 0 Å². The van der Waals surface area contributed by atoms with Crippen LogP contribution in [0.3, 0.4) is 0 Å². The summed E-state index contributed by atoms with van der Waals surface area (Å²) in [6, 6.07) is 5.58. The molecule has 0 aliphatic heterocycles. The van der Waals surface area contributed by atoms with Gasteiger partial charge in [-0.25, -0.2) is 0 Å². The maximum absolute atomic E-state index is 10.9. The summed E-state index contributed by atoms with van der Waals surface area (Å²) < 4.78 is 0.758. The van der Waals surface area contributed by atoms with Gasteiger partial charge in [-0.2, -0.15) is 0 Å². The lowest BCUT2D eigenvalue weighted by atomic mass is 9.84. The van der Waals surface area contributed by atoms with Crippen LogP contribution in [0.4, 0.5) is 5.69 Å². The second-order valence-corrected chi connectivity index (χ2v) is 6.56. The summed E-state index contributed by atoms with van der Waals surface area (Å²) in [4.78, 5) is 10.5. The second-order valence-electron chi connectivity index (χ2n) is 5.64. The predicted molar refractivity (Wildman–Crippen MR) is 83.7 cm³/mol. The van der Waals surface area contributed by atoms with Gasteiger partial charge < -0.3 is 5.32 Å². The Morgan fingerprint density at radius 1 is 1.35 bits per heavy atom. The summed E-state index contributed by atoms with van der Waals surface area (Å²) in [5.74, 6) is 0.742. The standard InChI is InChI=1S/C15H21BrN2O2/c1-11(13-5-3-2-4-6-13)17-10-12-7-14(16)9-15(8-12)18(19)20/h7-9,11,13,17H,2-6,10H2,1H3. The molecule has 0 aromatic heterocycles. The number of nitrogens with one attached hydrogen (secondary N) is 1.